The summed E-state index contributed by atoms with van der Waals surface area (Å²) in [6, 6.07) is 14.7. The maximum Gasteiger partial charge on any atom is 0.254 e. The second kappa shape index (κ2) is 7.14. The van der Waals surface area contributed by atoms with Crippen LogP contribution in [0.2, 0.25) is 0 Å². The predicted molar refractivity (Wildman–Crippen MR) is 107 cm³/mol. The highest BCUT2D eigenvalue weighted by Gasteiger charge is 2.33. The van der Waals surface area contributed by atoms with Crippen molar-refractivity contribution in [3.63, 3.8) is 0 Å². The van der Waals surface area contributed by atoms with Crippen LogP contribution in [0.15, 0.2) is 42.5 Å². The molecular formula is C22H26N4O. The van der Waals surface area contributed by atoms with E-state index in [-0.39, 0.29) is 5.91 Å². The van der Waals surface area contributed by atoms with Crippen LogP contribution in [0.25, 0.3) is 11.0 Å². The normalized spacial score (nSPS) is 14.1. The van der Waals surface area contributed by atoms with Crippen molar-refractivity contribution in [2.75, 3.05) is 0 Å². The molecule has 1 aliphatic carbocycles. The van der Waals surface area contributed by atoms with Gasteiger partial charge in [0, 0.05) is 24.7 Å². The number of nitrogens with zero attached hydrogens (tertiary/aromatic N) is 4. The number of rotatable bonds is 6. The molecule has 0 N–H and O–H groups in total. The van der Waals surface area contributed by atoms with E-state index in [1.54, 1.807) is 0 Å². The van der Waals surface area contributed by atoms with Crippen LogP contribution in [0.5, 0.6) is 0 Å². The summed E-state index contributed by atoms with van der Waals surface area (Å²) in [6.07, 6.45) is 2.17. The monoisotopic (exact) mass is 362 g/mol. The van der Waals surface area contributed by atoms with Gasteiger partial charge in [0.05, 0.1) is 5.52 Å². The molecule has 1 heterocycles. The predicted octanol–water partition coefficient (Wildman–Crippen LogP) is 4.38. The van der Waals surface area contributed by atoms with Gasteiger partial charge in [-0.05, 0) is 55.0 Å². The van der Waals surface area contributed by atoms with Gasteiger partial charge < -0.3 is 4.90 Å². The van der Waals surface area contributed by atoms with Crippen molar-refractivity contribution in [2.45, 2.75) is 58.7 Å². The summed E-state index contributed by atoms with van der Waals surface area (Å²) in [4.78, 5) is 15.2. The number of aryl methyl sites for hydroxylation is 1. The Hall–Kier alpha value is -2.69. The van der Waals surface area contributed by atoms with Gasteiger partial charge in [-0.2, -0.15) is 0 Å². The first-order valence-electron chi connectivity index (χ1n) is 9.80. The van der Waals surface area contributed by atoms with E-state index in [1.165, 1.54) is 11.1 Å². The first-order valence-corrected chi connectivity index (χ1v) is 9.80. The summed E-state index contributed by atoms with van der Waals surface area (Å²) in [5, 5.41) is 8.34. The molecule has 1 amide bonds. The Morgan fingerprint density at radius 1 is 1.19 bits per heavy atom. The topological polar surface area (TPSA) is 51.0 Å². The molecule has 0 unspecified atom stereocenters. The lowest BCUT2D eigenvalue weighted by Crippen LogP contribution is -2.32. The second-order valence-corrected chi connectivity index (χ2v) is 7.67. The number of carbonyl (C=O) groups excluding carboxylic acids is 1. The Balaban J connectivity index is 1.57. The van der Waals surface area contributed by atoms with Crippen molar-refractivity contribution in [2.24, 2.45) is 0 Å². The molecule has 1 fully saturated rings. The Bertz CT molecular complexity index is 954. The number of benzene rings is 2. The van der Waals surface area contributed by atoms with Gasteiger partial charge >= 0.3 is 0 Å². The Morgan fingerprint density at radius 2 is 1.93 bits per heavy atom. The van der Waals surface area contributed by atoms with Crippen LogP contribution in [-0.2, 0) is 13.1 Å². The molecule has 27 heavy (non-hydrogen) atoms. The van der Waals surface area contributed by atoms with Gasteiger partial charge in [0.2, 0.25) is 0 Å². The quantitative estimate of drug-likeness (QED) is 0.654. The average Bonchev–Trinajstić information content (AvgIpc) is 3.44. The Labute approximate surface area is 160 Å². The van der Waals surface area contributed by atoms with Crippen LogP contribution in [0.3, 0.4) is 0 Å². The molecule has 1 aromatic heterocycles. The zero-order valence-electron chi connectivity index (χ0n) is 16.2. The molecule has 0 atom stereocenters. The van der Waals surface area contributed by atoms with E-state index < -0.39 is 0 Å². The molecular weight excluding hydrogens is 336 g/mol. The molecule has 140 valence electrons. The average molecular weight is 362 g/mol. The smallest absolute Gasteiger partial charge is 0.254 e. The molecule has 1 saturated carbocycles. The minimum atomic E-state index is 0.0818. The summed E-state index contributed by atoms with van der Waals surface area (Å²) in [5.41, 5.74) is 4.94. The lowest BCUT2D eigenvalue weighted by molar-refractivity contribution is 0.0730. The summed E-state index contributed by atoms with van der Waals surface area (Å²) < 4.78 is 1.85. The van der Waals surface area contributed by atoms with Gasteiger partial charge in [-0.1, -0.05) is 43.3 Å². The molecule has 2 aromatic carbocycles. The summed E-state index contributed by atoms with van der Waals surface area (Å²) in [5.74, 6) is 0.599. The molecule has 5 heteroatoms. The summed E-state index contributed by atoms with van der Waals surface area (Å²) >= 11 is 0. The molecule has 0 bridgehead atoms. The number of fused-ring (bicyclic) bond motifs is 1. The maximum absolute atomic E-state index is 13.2. The first-order chi connectivity index (χ1) is 13.1. The lowest BCUT2D eigenvalue weighted by Gasteiger charge is -2.23. The SMILES string of the molecule is CCn1nnc2cc(C(=O)N(Cc3ccc(C(C)C)cc3)C3CC3)ccc21. The summed E-state index contributed by atoms with van der Waals surface area (Å²) in [7, 11) is 0. The number of carbonyl (C=O) groups is 1. The van der Waals surface area contributed by atoms with E-state index >= 15 is 0 Å². The molecule has 0 spiro atoms. The molecule has 5 nitrogen and oxygen atoms in total. The molecule has 0 radical (unpaired) electrons. The third kappa shape index (κ3) is 3.59. The molecule has 1 aliphatic rings. The number of amides is 1. The van der Waals surface area contributed by atoms with E-state index in [0.29, 0.717) is 24.1 Å². The molecule has 0 saturated heterocycles. The minimum absolute atomic E-state index is 0.0818. The van der Waals surface area contributed by atoms with Gasteiger partial charge in [0.1, 0.15) is 5.52 Å². The number of hydrogen-bond acceptors (Lipinski definition) is 3. The van der Waals surface area contributed by atoms with Crippen LogP contribution in [-0.4, -0.2) is 31.8 Å². The number of aromatic nitrogens is 3. The van der Waals surface area contributed by atoms with E-state index in [2.05, 4.69) is 48.4 Å². The van der Waals surface area contributed by atoms with E-state index in [1.807, 2.05) is 34.7 Å². The van der Waals surface area contributed by atoms with Crippen molar-refractivity contribution in [3.05, 3.63) is 59.2 Å². The van der Waals surface area contributed by atoms with Gasteiger partial charge in [-0.15, -0.1) is 5.10 Å². The van der Waals surface area contributed by atoms with Gasteiger partial charge in [-0.3, -0.25) is 4.79 Å². The van der Waals surface area contributed by atoms with Crippen LogP contribution >= 0.6 is 0 Å². The Morgan fingerprint density at radius 3 is 2.56 bits per heavy atom. The summed E-state index contributed by atoms with van der Waals surface area (Å²) in [6.45, 7) is 7.85. The van der Waals surface area contributed by atoms with Crippen molar-refractivity contribution in [3.8, 4) is 0 Å². The highest BCUT2D eigenvalue weighted by Crippen LogP contribution is 2.30. The highest BCUT2D eigenvalue weighted by molar-refractivity contribution is 5.97. The fraction of sp³-hybridized carbons (Fsp3) is 0.409. The molecule has 3 aromatic rings. The van der Waals surface area contributed by atoms with Crippen LogP contribution in [0, 0.1) is 0 Å². The third-order valence-electron chi connectivity index (χ3n) is 5.31. The number of hydrogen-bond donors (Lipinski definition) is 0. The van der Waals surface area contributed by atoms with Crippen molar-refractivity contribution >= 4 is 16.9 Å². The highest BCUT2D eigenvalue weighted by atomic mass is 16.2. The van der Waals surface area contributed by atoms with E-state index in [4.69, 9.17) is 0 Å². The fourth-order valence-corrected chi connectivity index (χ4v) is 3.46. The van der Waals surface area contributed by atoms with Crippen molar-refractivity contribution in [1.29, 1.82) is 0 Å². The minimum Gasteiger partial charge on any atom is -0.331 e. The zero-order chi connectivity index (χ0) is 19.0. The van der Waals surface area contributed by atoms with Gasteiger partial charge in [0.25, 0.3) is 5.91 Å². The van der Waals surface area contributed by atoms with E-state index in [9.17, 15) is 4.79 Å². The van der Waals surface area contributed by atoms with Crippen molar-refractivity contribution < 1.29 is 4.79 Å². The van der Waals surface area contributed by atoms with Crippen LogP contribution in [0.4, 0.5) is 0 Å². The van der Waals surface area contributed by atoms with E-state index in [0.717, 1.165) is 30.4 Å². The second-order valence-electron chi connectivity index (χ2n) is 7.67. The van der Waals surface area contributed by atoms with Gasteiger partial charge in [-0.25, -0.2) is 4.68 Å². The first kappa shape index (κ1) is 17.7. The van der Waals surface area contributed by atoms with Crippen LogP contribution in [0.1, 0.15) is 61.0 Å². The van der Waals surface area contributed by atoms with Crippen LogP contribution < -0.4 is 0 Å². The van der Waals surface area contributed by atoms with Gasteiger partial charge in [0.15, 0.2) is 0 Å². The fourth-order valence-electron chi connectivity index (χ4n) is 3.46. The molecule has 4 rings (SSSR count). The lowest BCUT2D eigenvalue weighted by atomic mass is 10.0. The third-order valence-corrected chi connectivity index (χ3v) is 5.31. The largest absolute Gasteiger partial charge is 0.331 e. The maximum atomic E-state index is 13.2. The standard InChI is InChI=1S/C22H26N4O/c1-4-26-21-12-9-18(13-20(21)23-24-26)22(27)25(19-10-11-19)14-16-5-7-17(8-6-16)15(2)3/h5-9,12-13,15,19H,4,10-11,14H2,1-3H3. The zero-order valence-corrected chi connectivity index (χ0v) is 16.2. The molecule has 0 aliphatic heterocycles. The Kier molecular flexibility index (Phi) is 4.68. The van der Waals surface area contributed by atoms with Crippen molar-refractivity contribution in [1.82, 2.24) is 19.9 Å².